The lowest BCUT2D eigenvalue weighted by Gasteiger charge is -2.37. The number of carbonyl (C=O) groups excluding carboxylic acids is 1. The maximum absolute atomic E-state index is 14.0. The fourth-order valence-corrected chi connectivity index (χ4v) is 5.30. The van der Waals surface area contributed by atoms with Crippen molar-refractivity contribution in [3.63, 3.8) is 0 Å². The molecule has 0 saturated heterocycles. The number of hydrogen-bond donors (Lipinski definition) is 4. The molecule has 0 radical (unpaired) electrons. The van der Waals surface area contributed by atoms with E-state index in [1.807, 2.05) is 60.7 Å². The number of nitrogens with two attached hydrogens (primary N) is 1. The Kier molecular flexibility index (Phi) is 11.0. The first-order valence-electron chi connectivity index (χ1n) is 14.4. The third kappa shape index (κ3) is 7.85. The van der Waals surface area contributed by atoms with E-state index in [1.165, 1.54) is 6.07 Å². The van der Waals surface area contributed by atoms with Crippen LogP contribution < -0.4 is 21.1 Å². The van der Waals surface area contributed by atoms with Crippen LogP contribution in [-0.4, -0.2) is 42.7 Å². The zero-order chi connectivity index (χ0) is 30.7. The fourth-order valence-electron chi connectivity index (χ4n) is 5.30. The second-order valence-corrected chi connectivity index (χ2v) is 10.4. The van der Waals surface area contributed by atoms with Gasteiger partial charge in [-0.2, -0.15) is 0 Å². The first-order chi connectivity index (χ1) is 20.8. The number of carboxylic acid groups (broad SMARTS) is 1. The Morgan fingerprint density at radius 3 is 1.95 bits per heavy atom. The Labute approximate surface area is 251 Å². The first-order valence-corrected chi connectivity index (χ1v) is 14.4. The van der Waals surface area contributed by atoms with Gasteiger partial charge in [-0.1, -0.05) is 91.0 Å². The van der Waals surface area contributed by atoms with Crippen molar-refractivity contribution >= 4 is 11.9 Å². The van der Waals surface area contributed by atoms with Crippen LogP contribution in [0, 0.1) is 5.82 Å². The molecule has 0 aliphatic carbocycles. The van der Waals surface area contributed by atoms with Gasteiger partial charge in [0.1, 0.15) is 17.6 Å². The molecular weight excluding hydrogens is 545 g/mol. The van der Waals surface area contributed by atoms with Crippen LogP contribution in [0.25, 0.3) is 0 Å². The van der Waals surface area contributed by atoms with Crippen molar-refractivity contribution in [3.05, 3.63) is 137 Å². The van der Waals surface area contributed by atoms with Gasteiger partial charge < -0.3 is 20.9 Å². The molecule has 0 aliphatic rings. The second kappa shape index (κ2) is 15.1. The van der Waals surface area contributed by atoms with Gasteiger partial charge in [0.25, 0.3) is 0 Å². The summed E-state index contributed by atoms with van der Waals surface area (Å²) >= 11 is 0. The lowest BCUT2D eigenvalue weighted by Crippen LogP contribution is -2.49. The third-order valence-electron chi connectivity index (χ3n) is 7.60. The van der Waals surface area contributed by atoms with Gasteiger partial charge in [-0.05, 0) is 72.7 Å². The highest BCUT2D eigenvalue weighted by Gasteiger charge is 2.35. The lowest BCUT2D eigenvalue weighted by molar-refractivity contribution is -0.142. The van der Waals surface area contributed by atoms with Crippen LogP contribution in [0.15, 0.2) is 109 Å². The van der Waals surface area contributed by atoms with Gasteiger partial charge >= 0.3 is 5.97 Å². The van der Waals surface area contributed by atoms with E-state index in [-0.39, 0.29) is 12.8 Å². The highest BCUT2D eigenvalue weighted by atomic mass is 19.1. The van der Waals surface area contributed by atoms with Crippen LogP contribution >= 0.6 is 0 Å². The molecule has 224 valence electrons. The van der Waals surface area contributed by atoms with Gasteiger partial charge in [-0.25, -0.2) is 9.18 Å². The van der Waals surface area contributed by atoms with Crippen molar-refractivity contribution in [2.24, 2.45) is 5.73 Å². The number of amides is 1. The molecule has 0 saturated carbocycles. The van der Waals surface area contributed by atoms with E-state index in [1.54, 1.807) is 25.3 Å². The van der Waals surface area contributed by atoms with Gasteiger partial charge in [0.05, 0.1) is 18.7 Å². The smallest absolute Gasteiger partial charge is 0.326 e. The van der Waals surface area contributed by atoms with E-state index in [0.717, 1.165) is 22.4 Å². The third-order valence-corrected chi connectivity index (χ3v) is 7.60. The van der Waals surface area contributed by atoms with Crippen molar-refractivity contribution in [2.75, 3.05) is 13.7 Å². The van der Waals surface area contributed by atoms with Crippen molar-refractivity contribution in [1.29, 1.82) is 0 Å². The molecule has 5 N–H and O–H groups in total. The van der Waals surface area contributed by atoms with E-state index in [2.05, 4.69) is 34.9 Å². The topological polar surface area (TPSA) is 114 Å². The summed E-state index contributed by atoms with van der Waals surface area (Å²) in [5.74, 6) is -1.46. The minimum atomic E-state index is -1.14. The fraction of sp³-hybridized carbons (Fsp3) is 0.257. The Bertz CT molecular complexity index is 1430. The van der Waals surface area contributed by atoms with Gasteiger partial charge in [0, 0.05) is 0 Å². The molecule has 4 aromatic rings. The van der Waals surface area contributed by atoms with Crippen LogP contribution in [0.1, 0.15) is 41.5 Å². The zero-order valence-corrected chi connectivity index (χ0v) is 24.2. The predicted molar refractivity (Wildman–Crippen MR) is 165 cm³/mol. The monoisotopic (exact) mass is 583 g/mol. The summed E-state index contributed by atoms with van der Waals surface area (Å²) in [6.07, 6.45) is 1.39. The number of carboxylic acids is 1. The normalized spacial score (nSPS) is 12.7. The van der Waals surface area contributed by atoms with Crippen molar-refractivity contribution in [3.8, 4) is 5.75 Å². The lowest BCUT2D eigenvalue weighted by atomic mass is 9.77. The first kappa shape index (κ1) is 31.4. The quantitative estimate of drug-likeness (QED) is 0.115. The highest BCUT2D eigenvalue weighted by molar-refractivity contribution is 5.87. The van der Waals surface area contributed by atoms with Crippen LogP contribution in [0.4, 0.5) is 4.39 Å². The largest absolute Gasteiger partial charge is 0.497 e. The summed E-state index contributed by atoms with van der Waals surface area (Å²) in [6.45, 7) is 0.572. The number of halogens is 1. The van der Waals surface area contributed by atoms with Crippen molar-refractivity contribution < 1.29 is 23.8 Å². The molecule has 0 aromatic heterocycles. The summed E-state index contributed by atoms with van der Waals surface area (Å²) < 4.78 is 19.4. The number of unbranched alkanes of at least 4 members (excludes halogenated alkanes) is 1. The SMILES string of the molecule is COc1ccc(C(NCCCCC(NC(=O)C(N)Cc2ccccc2F)C(=O)O)(c2ccccc2)c2ccccc2)cc1. The molecule has 8 heteroatoms. The predicted octanol–water partition coefficient (Wildman–Crippen LogP) is 5.03. The van der Waals surface area contributed by atoms with E-state index in [9.17, 15) is 19.1 Å². The molecule has 0 aliphatic heterocycles. The molecule has 4 rings (SSSR count). The van der Waals surface area contributed by atoms with Crippen LogP contribution in [0.3, 0.4) is 0 Å². The molecular formula is C35H38FN3O4. The standard InChI is InChI=1S/C35H38FN3O4/c1-43-29-21-19-28(20-22-29)35(26-13-4-2-5-14-26,27-15-6-3-7-16-27)38-23-11-10-18-32(34(41)42)39-33(40)31(37)24-25-12-8-9-17-30(25)36/h2-9,12-17,19-22,31-32,38H,10-11,18,23-24,37H2,1H3,(H,39,40)(H,41,42). The number of nitrogens with one attached hydrogen (secondary N) is 2. The zero-order valence-electron chi connectivity index (χ0n) is 24.2. The molecule has 7 nitrogen and oxygen atoms in total. The van der Waals surface area contributed by atoms with E-state index < -0.39 is 35.3 Å². The number of hydrogen-bond acceptors (Lipinski definition) is 5. The Morgan fingerprint density at radius 2 is 1.40 bits per heavy atom. The van der Waals surface area contributed by atoms with Gasteiger partial charge in [0.15, 0.2) is 0 Å². The minimum Gasteiger partial charge on any atom is -0.497 e. The number of methoxy groups -OCH3 is 1. The average Bonchev–Trinajstić information content (AvgIpc) is 3.04. The molecule has 2 atom stereocenters. The van der Waals surface area contributed by atoms with Gasteiger partial charge in [0.2, 0.25) is 5.91 Å². The highest BCUT2D eigenvalue weighted by Crippen LogP contribution is 2.37. The Hall–Kier alpha value is -4.53. The number of rotatable bonds is 15. The van der Waals surface area contributed by atoms with Crippen molar-refractivity contribution in [2.45, 2.75) is 43.3 Å². The van der Waals surface area contributed by atoms with E-state index in [0.29, 0.717) is 24.9 Å². The minimum absolute atomic E-state index is 0.0266. The van der Waals surface area contributed by atoms with E-state index in [4.69, 9.17) is 10.5 Å². The van der Waals surface area contributed by atoms with Crippen LogP contribution in [0.2, 0.25) is 0 Å². The number of benzene rings is 4. The average molecular weight is 584 g/mol. The summed E-state index contributed by atoms with van der Waals surface area (Å²) in [5, 5.41) is 16.1. The van der Waals surface area contributed by atoms with Crippen LogP contribution in [-0.2, 0) is 21.5 Å². The second-order valence-electron chi connectivity index (χ2n) is 10.4. The molecule has 43 heavy (non-hydrogen) atoms. The van der Waals surface area contributed by atoms with Crippen LogP contribution in [0.5, 0.6) is 5.75 Å². The maximum Gasteiger partial charge on any atom is 0.326 e. The number of carbonyl (C=O) groups is 2. The molecule has 0 fully saturated rings. The molecule has 0 spiro atoms. The Morgan fingerprint density at radius 1 is 0.837 bits per heavy atom. The van der Waals surface area contributed by atoms with Gasteiger partial charge in [-0.3, -0.25) is 10.1 Å². The molecule has 0 heterocycles. The summed E-state index contributed by atoms with van der Waals surface area (Å²) in [4.78, 5) is 24.6. The Balaban J connectivity index is 1.45. The van der Waals surface area contributed by atoms with E-state index >= 15 is 0 Å². The molecule has 4 aromatic carbocycles. The van der Waals surface area contributed by atoms with Gasteiger partial charge in [-0.15, -0.1) is 0 Å². The molecule has 2 unspecified atom stereocenters. The molecule has 0 bridgehead atoms. The number of ether oxygens (including phenoxy) is 1. The summed E-state index contributed by atoms with van der Waals surface area (Å²) in [6, 6.07) is 32.2. The summed E-state index contributed by atoms with van der Waals surface area (Å²) in [7, 11) is 1.64. The maximum atomic E-state index is 14.0. The molecule has 1 amide bonds. The summed E-state index contributed by atoms with van der Waals surface area (Å²) in [5.41, 5.74) is 8.77. The van der Waals surface area contributed by atoms with Crippen molar-refractivity contribution in [1.82, 2.24) is 10.6 Å². The number of aliphatic carboxylic acids is 1.